The highest BCUT2D eigenvalue weighted by Crippen LogP contribution is 2.13. The van der Waals surface area contributed by atoms with Crippen molar-refractivity contribution in [3.63, 3.8) is 0 Å². The van der Waals surface area contributed by atoms with Crippen LogP contribution in [0.2, 0.25) is 0 Å². The van der Waals surface area contributed by atoms with Crippen LogP contribution < -0.4 is 5.32 Å². The first kappa shape index (κ1) is 11.5. The van der Waals surface area contributed by atoms with E-state index in [1.165, 1.54) is 0 Å². The molecule has 1 aromatic carbocycles. The Hall–Kier alpha value is -1.57. The largest absolute Gasteiger partial charge is 0.394 e. The highest BCUT2D eigenvalue weighted by Gasteiger charge is 2.02. The molecule has 0 heterocycles. The molecule has 80 valence electrons. The van der Waals surface area contributed by atoms with Crippen LogP contribution in [0.4, 0.5) is 5.69 Å². The van der Waals surface area contributed by atoms with Crippen molar-refractivity contribution in [3.8, 4) is 6.07 Å². The molecule has 4 heteroatoms. The molecule has 0 spiro atoms. The zero-order chi connectivity index (χ0) is 11.3. The maximum atomic E-state index is 9.14. The van der Waals surface area contributed by atoms with Gasteiger partial charge in [0, 0.05) is 12.2 Å². The van der Waals surface area contributed by atoms with Crippen LogP contribution >= 0.6 is 0 Å². The normalized spacial score (nSPS) is 11.9. The number of aryl methyl sites for hydroxylation is 1. The minimum atomic E-state index is -0.781. The Balaban J connectivity index is 2.69. The van der Waals surface area contributed by atoms with Gasteiger partial charge in [0.1, 0.15) is 0 Å². The van der Waals surface area contributed by atoms with Gasteiger partial charge in [0.25, 0.3) is 0 Å². The lowest BCUT2D eigenvalue weighted by Gasteiger charge is -2.10. The first-order valence-electron chi connectivity index (χ1n) is 4.70. The van der Waals surface area contributed by atoms with E-state index in [2.05, 4.69) is 11.4 Å². The van der Waals surface area contributed by atoms with Crippen LogP contribution in [0.25, 0.3) is 0 Å². The predicted molar refractivity (Wildman–Crippen MR) is 57.5 cm³/mol. The smallest absolute Gasteiger partial charge is 0.0992 e. The summed E-state index contributed by atoms with van der Waals surface area (Å²) in [7, 11) is 0. The van der Waals surface area contributed by atoms with Crippen LogP contribution in [0, 0.1) is 18.3 Å². The van der Waals surface area contributed by atoms with Gasteiger partial charge in [-0.2, -0.15) is 5.26 Å². The number of anilines is 1. The molecule has 0 saturated carbocycles. The van der Waals surface area contributed by atoms with Crippen molar-refractivity contribution in [2.45, 2.75) is 13.0 Å². The Morgan fingerprint density at radius 1 is 1.47 bits per heavy atom. The average Bonchev–Trinajstić information content (AvgIpc) is 2.25. The minimum absolute atomic E-state index is 0.269. The maximum Gasteiger partial charge on any atom is 0.0992 e. The summed E-state index contributed by atoms with van der Waals surface area (Å²) in [6.07, 6.45) is -0.781. The zero-order valence-electron chi connectivity index (χ0n) is 8.57. The zero-order valence-corrected chi connectivity index (χ0v) is 8.57. The quantitative estimate of drug-likeness (QED) is 0.675. The number of nitrogens with zero attached hydrogens (tertiary/aromatic N) is 1. The van der Waals surface area contributed by atoms with Gasteiger partial charge in [0.2, 0.25) is 0 Å². The van der Waals surface area contributed by atoms with Crippen LogP contribution in [0.1, 0.15) is 11.1 Å². The van der Waals surface area contributed by atoms with Crippen molar-refractivity contribution in [2.24, 2.45) is 0 Å². The fourth-order valence-electron chi connectivity index (χ4n) is 1.25. The highest BCUT2D eigenvalue weighted by molar-refractivity contribution is 5.51. The summed E-state index contributed by atoms with van der Waals surface area (Å²) in [6.45, 7) is 1.89. The SMILES string of the molecule is Cc1cc(C#N)cc(NCC(O)CO)c1. The molecule has 0 saturated heterocycles. The molecule has 4 nitrogen and oxygen atoms in total. The van der Waals surface area contributed by atoms with E-state index in [0.717, 1.165) is 11.3 Å². The van der Waals surface area contributed by atoms with Crippen molar-refractivity contribution in [2.75, 3.05) is 18.5 Å². The summed E-state index contributed by atoms with van der Waals surface area (Å²) in [5.74, 6) is 0. The van der Waals surface area contributed by atoms with Gasteiger partial charge in [-0.25, -0.2) is 0 Å². The molecule has 1 aromatic rings. The lowest BCUT2D eigenvalue weighted by molar-refractivity contribution is 0.105. The van der Waals surface area contributed by atoms with Crippen LogP contribution in [0.3, 0.4) is 0 Å². The number of aliphatic hydroxyl groups is 2. The van der Waals surface area contributed by atoms with Gasteiger partial charge in [0.15, 0.2) is 0 Å². The fraction of sp³-hybridized carbons (Fsp3) is 0.364. The first-order valence-corrected chi connectivity index (χ1v) is 4.70. The molecule has 0 aromatic heterocycles. The Morgan fingerprint density at radius 3 is 2.80 bits per heavy atom. The van der Waals surface area contributed by atoms with E-state index < -0.39 is 6.10 Å². The summed E-state index contributed by atoms with van der Waals surface area (Å²) in [4.78, 5) is 0. The number of benzene rings is 1. The molecule has 1 unspecified atom stereocenters. The standard InChI is InChI=1S/C11H14N2O2/c1-8-2-9(5-12)4-10(3-8)13-6-11(15)7-14/h2-4,11,13-15H,6-7H2,1H3. The second-order valence-electron chi connectivity index (χ2n) is 3.42. The van der Waals surface area contributed by atoms with E-state index in [0.29, 0.717) is 5.56 Å². The maximum absolute atomic E-state index is 9.14. The third-order valence-corrected chi connectivity index (χ3v) is 1.96. The molecule has 0 amide bonds. The van der Waals surface area contributed by atoms with E-state index in [4.69, 9.17) is 15.5 Å². The number of nitriles is 1. The van der Waals surface area contributed by atoms with Crippen LogP contribution in [0.15, 0.2) is 18.2 Å². The van der Waals surface area contributed by atoms with Crippen molar-refractivity contribution in [1.82, 2.24) is 0 Å². The van der Waals surface area contributed by atoms with Crippen molar-refractivity contribution < 1.29 is 10.2 Å². The first-order chi connectivity index (χ1) is 7.15. The monoisotopic (exact) mass is 206 g/mol. The summed E-state index contributed by atoms with van der Waals surface area (Å²) in [5.41, 5.74) is 2.34. The molecular formula is C11H14N2O2. The summed E-state index contributed by atoms with van der Waals surface area (Å²) >= 11 is 0. The van der Waals surface area contributed by atoms with E-state index >= 15 is 0 Å². The van der Waals surface area contributed by atoms with Crippen LogP contribution in [0.5, 0.6) is 0 Å². The lowest BCUT2D eigenvalue weighted by atomic mass is 10.1. The Morgan fingerprint density at radius 2 is 2.20 bits per heavy atom. The van der Waals surface area contributed by atoms with Gasteiger partial charge >= 0.3 is 0 Å². The van der Waals surface area contributed by atoms with Gasteiger partial charge in [0.05, 0.1) is 24.3 Å². The van der Waals surface area contributed by atoms with Crippen LogP contribution in [-0.2, 0) is 0 Å². The molecule has 1 rings (SSSR count). The minimum Gasteiger partial charge on any atom is -0.394 e. The number of nitrogens with one attached hydrogen (secondary N) is 1. The second kappa shape index (κ2) is 5.35. The molecular weight excluding hydrogens is 192 g/mol. The van der Waals surface area contributed by atoms with Crippen molar-refractivity contribution in [3.05, 3.63) is 29.3 Å². The average molecular weight is 206 g/mol. The fourth-order valence-corrected chi connectivity index (χ4v) is 1.25. The molecule has 1 atom stereocenters. The number of rotatable bonds is 4. The van der Waals surface area contributed by atoms with Crippen molar-refractivity contribution >= 4 is 5.69 Å². The summed E-state index contributed by atoms with van der Waals surface area (Å²) in [5, 5.41) is 29.5. The Labute approximate surface area is 88.8 Å². The van der Waals surface area contributed by atoms with Gasteiger partial charge in [-0.3, -0.25) is 0 Å². The number of hydrogen-bond donors (Lipinski definition) is 3. The molecule has 0 aliphatic heterocycles. The lowest BCUT2D eigenvalue weighted by Crippen LogP contribution is -2.22. The molecule has 15 heavy (non-hydrogen) atoms. The number of aliphatic hydroxyl groups excluding tert-OH is 2. The third kappa shape index (κ3) is 3.58. The van der Waals surface area contributed by atoms with Crippen LogP contribution in [-0.4, -0.2) is 29.5 Å². The van der Waals surface area contributed by atoms with Crippen molar-refractivity contribution in [1.29, 1.82) is 5.26 Å². The third-order valence-electron chi connectivity index (χ3n) is 1.96. The van der Waals surface area contributed by atoms with E-state index in [1.807, 2.05) is 13.0 Å². The van der Waals surface area contributed by atoms with E-state index in [9.17, 15) is 0 Å². The van der Waals surface area contributed by atoms with Gasteiger partial charge < -0.3 is 15.5 Å². The molecule has 0 radical (unpaired) electrons. The Kier molecular flexibility index (Phi) is 4.10. The van der Waals surface area contributed by atoms with E-state index in [1.54, 1.807) is 12.1 Å². The number of hydrogen-bond acceptors (Lipinski definition) is 4. The molecule has 0 fully saturated rings. The van der Waals surface area contributed by atoms with Gasteiger partial charge in [-0.1, -0.05) is 0 Å². The Bertz CT molecular complexity index is 371. The molecule has 0 aliphatic carbocycles. The molecule has 3 N–H and O–H groups in total. The summed E-state index contributed by atoms with van der Waals surface area (Å²) < 4.78 is 0. The van der Waals surface area contributed by atoms with E-state index in [-0.39, 0.29) is 13.2 Å². The summed E-state index contributed by atoms with van der Waals surface area (Å²) in [6, 6.07) is 7.43. The topological polar surface area (TPSA) is 76.3 Å². The van der Waals surface area contributed by atoms with Gasteiger partial charge in [-0.15, -0.1) is 0 Å². The van der Waals surface area contributed by atoms with Gasteiger partial charge in [-0.05, 0) is 30.7 Å². The second-order valence-corrected chi connectivity index (χ2v) is 3.42. The predicted octanol–water partition coefficient (Wildman–Crippen LogP) is 0.632. The highest BCUT2D eigenvalue weighted by atomic mass is 16.3. The molecule has 0 aliphatic rings. The molecule has 0 bridgehead atoms.